The normalized spacial score (nSPS) is 14.1. The highest BCUT2D eigenvalue weighted by Crippen LogP contribution is 2.15. The molecule has 0 aliphatic carbocycles. The molecule has 0 radical (unpaired) electrons. The fraction of sp³-hybridized carbons (Fsp3) is 0.500. The summed E-state index contributed by atoms with van der Waals surface area (Å²) < 4.78 is 0. The number of nitrogens with two attached hydrogens (primary N) is 1. The third-order valence-electron chi connectivity index (χ3n) is 2.16. The van der Waals surface area contributed by atoms with E-state index in [1.54, 1.807) is 19.2 Å². The molecule has 0 aliphatic rings. The first-order chi connectivity index (χ1) is 7.95. The predicted octanol–water partition coefficient (Wildman–Crippen LogP) is 0.756. The number of carboxylic acids is 1. The fourth-order valence-corrected chi connectivity index (χ4v) is 1.93. The van der Waals surface area contributed by atoms with Gasteiger partial charge in [-0.25, -0.2) is 9.78 Å². The van der Waals surface area contributed by atoms with Gasteiger partial charge in [0.1, 0.15) is 16.7 Å². The van der Waals surface area contributed by atoms with E-state index >= 15 is 0 Å². The number of nitrogens with zero attached hydrogens (tertiary/aromatic N) is 1. The standard InChI is InChI=1S/C10H15N3O3S/c1-3-6(10(15)16)12-8(14)7-4-17-9(13-7)5(2)11/h4-6H,3,11H2,1-2H3,(H,12,14)(H,15,16). The lowest BCUT2D eigenvalue weighted by Gasteiger charge is -2.10. The zero-order valence-electron chi connectivity index (χ0n) is 9.64. The van der Waals surface area contributed by atoms with E-state index in [2.05, 4.69) is 10.3 Å². The molecular formula is C10H15N3O3S. The van der Waals surface area contributed by atoms with Crippen LogP contribution in [0.1, 0.15) is 41.8 Å². The molecule has 2 unspecified atom stereocenters. The summed E-state index contributed by atoms with van der Waals surface area (Å²) in [5.41, 5.74) is 5.84. The number of hydrogen-bond donors (Lipinski definition) is 3. The summed E-state index contributed by atoms with van der Waals surface area (Å²) in [6, 6.07) is -1.12. The molecule has 2 atom stereocenters. The molecule has 0 saturated carbocycles. The van der Waals surface area contributed by atoms with Gasteiger partial charge in [-0.15, -0.1) is 11.3 Å². The minimum Gasteiger partial charge on any atom is -0.480 e. The van der Waals surface area contributed by atoms with Crippen molar-refractivity contribution >= 4 is 23.2 Å². The first kappa shape index (κ1) is 13.6. The lowest BCUT2D eigenvalue weighted by molar-refractivity contribution is -0.139. The number of carbonyl (C=O) groups is 2. The van der Waals surface area contributed by atoms with Crippen molar-refractivity contribution in [1.29, 1.82) is 0 Å². The number of aromatic nitrogens is 1. The Balaban J connectivity index is 2.72. The lowest BCUT2D eigenvalue weighted by Crippen LogP contribution is -2.40. The van der Waals surface area contributed by atoms with Crippen molar-refractivity contribution < 1.29 is 14.7 Å². The Morgan fingerprint density at radius 2 is 2.29 bits per heavy atom. The lowest BCUT2D eigenvalue weighted by atomic mass is 10.2. The Labute approximate surface area is 103 Å². The van der Waals surface area contributed by atoms with E-state index in [-0.39, 0.29) is 11.7 Å². The molecule has 94 valence electrons. The van der Waals surface area contributed by atoms with Crippen LogP contribution in [0.15, 0.2) is 5.38 Å². The maximum atomic E-state index is 11.7. The van der Waals surface area contributed by atoms with Gasteiger partial charge in [0.2, 0.25) is 0 Å². The summed E-state index contributed by atoms with van der Waals surface area (Å²) in [7, 11) is 0. The van der Waals surface area contributed by atoms with E-state index in [4.69, 9.17) is 10.8 Å². The topological polar surface area (TPSA) is 105 Å². The Morgan fingerprint density at radius 3 is 2.71 bits per heavy atom. The van der Waals surface area contributed by atoms with Gasteiger partial charge in [0.25, 0.3) is 5.91 Å². The molecule has 0 bridgehead atoms. The van der Waals surface area contributed by atoms with Gasteiger partial charge < -0.3 is 16.2 Å². The van der Waals surface area contributed by atoms with Crippen molar-refractivity contribution in [3.8, 4) is 0 Å². The van der Waals surface area contributed by atoms with Gasteiger partial charge in [0, 0.05) is 5.38 Å². The van der Waals surface area contributed by atoms with Crippen molar-refractivity contribution in [2.45, 2.75) is 32.4 Å². The van der Waals surface area contributed by atoms with Gasteiger partial charge >= 0.3 is 5.97 Å². The minimum absolute atomic E-state index is 0.210. The predicted molar refractivity (Wildman–Crippen MR) is 63.9 cm³/mol. The number of amides is 1. The Bertz CT molecular complexity index is 417. The van der Waals surface area contributed by atoms with Crippen molar-refractivity contribution in [3.05, 3.63) is 16.1 Å². The third-order valence-corrected chi connectivity index (χ3v) is 3.20. The average Bonchev–Trinajstić information content (AvgIpc) is 2.74. The molecule has 0 aliphatic heterocycles. The second-order valence-electron chi connectivity index (χ2n) is 3.63. The number of thiazole rings is 1. The maximum absolute atomic E-state index is 11.7. The number of nitrogens with one attached hydrogen (secondary N) is 1. The van der Waals surface area contributed by atoms with Crippen LogP contribution >= 0.6 is 11.3 Å². The number of aliphatic carboxylic acids is 1. The van der Waals surface area contributed by atoms with E-state index < -0.39 is 17.9 Å². The summed E-state index contributed by atoms with van der Waals surface area (Å²) in [5.74, 6) is -1.54. The van der Waals surface area contributed by atoms with Gasteiger partial charge in [-0.3, -0.25) is 4.79 Å². The van der Waals surface area contributed by atoms with Crippen LogP contribution in [0.25, 0.3) is 0 Å². The van der Waals surface area contributed by atoms with E-state index in [1.165, 1.54) is 11.3 Å². The molecule has 1 aromatic rings. The highest BCUT2D eigenvalue weighted by Gasteiger charge is 2.20. The molecule has 0 fully saturated rings. The Kier molecular flexibility index (Phi) is 4.59. The van der Waals surface area contributed by atoms with E-state index in [9.17, 15) is 9.59 Å². The number of rotatable bonds is 5. The van der Waals surface area contributed by atoms with Crippen LogP contribution in [0.3, 0.4) is 0 Å². The van der Waals surface area contributed by atoms with Crippen LogP contribution < -0.4 is 11.1 Å². The second-order valence-corrected chi connectivity index (χ2v) is 4.52. The zero-order valence-corrected chi connectivity index (χ0v) is 10.5. The monoisotopic (exact) mass is 257 g/mol. The van der Waals surface area contributed by atoms with Crippen molar-refractivity contribution in [2.75, 3.05) is 0 Å². The van der Waals surface area contributed by atoms with E-state index in [0.29, 0.717) is 11.4 Å². The molecule has 1 heterocycles. The average molecular weight is 257 g/mol. The third kappa shape index (κ3) is 3.50. The van der Waals surface area contributed by atoms with E-state index in [1.807, 2.05) is 0 Å². The summed E-state index contributed by atoms with van der Waals surface area (Å²) in [6.45, 7) is 3.46. The molecular weight excluding hydrogens is 242 g/mol. The molecule has 7 heteroatoms. The second kappa shape index (κ2) is 5.74. The quantitative estimate of drug-likeness (QED) is 0.722. The molecule has 0 aromatic carbocycles. The zero-order chi connectivity index (χ0) is 13.0. The number of carbonyl (C=O) groups excluding carboxylic acids is 1. The molecule has 0 spiro atoms. The molecule has 1 rings (SSSR count). The highest BCUT2D eigenvalue weighted by molar-refractivity contribution is 7.09. The summed E-state index contributed by atoms with van der Waals surface area (Å²) in [5, 5.41) is 13.4. The number of carboxylic acid groups (broad SMARTS) is 1. The van der Waals surface area contributed by atoms with Gasteiger partial charge in [-0.2, -0.15) is 0 Å². The van der Waals surface area contributed by atoms with E-state index in [0.717, 1.165) is 0 Å². The smallest absolute Gasteiger partial charge is 0.326 e. The largest absolute Gasteiger partial charge is 0.480 e. The maximum Gasteiger partial charge on any atom is 0.326 e. The van der Waals surface area contributed by atoms with Gasteiger partial charge in [-0.1, -0.05) is 6.92 Å². The van der Waals surface area contributed by atoms with Gasteiger partial charge in [0.05, 0.1) is 6.04 Å². The summed E-state index contributed by atoms with van der Waals surface area (Å²) >= 11 is 1.28. The van der Waals surface area contributed by atoms with Gasteiger partial charge in [0.15, 0.2) is 0 Å². The molecule has 0 saturated heterocycles. The van der Waals surface area contributed by atoms with Crippen LogP contribution in [0.5, 0.6) is 0 Å². The summed E-state index contributed by atoms with van der Waals surface area (Å²) in [6.07, 6.45) is 0.325. The van der Waals surface area contributed by atoms with Gasteiger partial charge in [-0.05, 0) is 13.3 Å². The van der Waals surface area contributed by atoms with Crippen molar-refractivity contribution in [1.82, 2.24) is 10.3 Å². The van der Waals surface area contributed by atoms with Crippen molar-refractivity contribution in [3.63, 3.8) is 0 Å². The number of hydrogen-bond acceptors (Lipinski definition) is 5. The molecule has 4 N–H and O–H groups in total. The Morgan fingerprint density at radius 1 is 1.65 bits per heavy atom. The first-order valence-corrected chi connectivity index (χ1v) is 6.08. The highest BCUT2D eigenvalue weighted by atomic mass is 32.1. The van der Waals surface area contributed by atoms with Crippen molar-refractivity contribution in [2.24, 2.45) is 5.73 Å². The Hall–Kier alpha value is -1.47. The molecule has 6 nitrogen and oxygen atoms in total. The minimum atomic E-state index is -1.05. The molecule has 1 aromatic heterocycles. The van der Waals surface area contributed by atoms with Crippen LogP contribution in [0, 0.1) is 0 Å². The van der Waals surface area contributed by atoms with Crippen LogP contribution in [0.4, 0.5) is 0 Å². The SMILES string of the molecule is CCC(NC(=O)c1csc(C(C)N)n1)C(=O)O. The fourth-order valence-electron chi connectivity index (χ4n) is 1.17. The van der Waals surface area contributed by atoms with Crippen LogP contribution in [0.2, 0.25) is 0 Å². The molecule has 1 amide bonds. The molecule has 17 heavy (non-hydrogen) atoms. The van der Waals surface area contributed by atoms with Crippen LogP contribution in [-0.2, 0) is 4.79 Å². The summed E-state index contributed by atoms with van der Waals surface area (Å²) in [4.78, 5) is 26.5. The first-order valence-electron chi connectivity index (χ1n) is 5.20. The van der Waals surface area contributed by atoms with Crippen LogP contribution in [-0.4, -0.2) is 28.0 Å².